The third-order valence-electron chi connectivity index (χ3n) is 3.19. The highest BCUT2D eigenvalue weighted by molar-refractivity contribution is 7.71. The molecule has 4 heteroatoms. The first-order valence-electron chi connectivity index (χ1n) is 6.29. The predicted molar refractivity (Wildman–Crippen MR) is 86.1 cm³/mol. The van der Waals surface area contributed by atoms with E-state index >= 15 is 0 Å². The Kier molecular flexibility index (Phi) is 3.47. The van der Waals surface area contributed by atoms with E-state index in [1.165, 1.54) is 5.56 Å². The zero-order chi connectivity index (χ0) is 14.1. The fourth-order valence-electron chi connectivity index (χ4n) is 2.10. The van der Waals surface area contributed by atoms with Crippen molar-refractivity contribution in [2.75, 3.05) is 0 Å². The van der Waals surface area contributed by atoms with Crippen LogP contribution in [0.2, 0.25) is 5.02 Å². The lowest BCUT2D eigenvalue weighted by Gasteiger charge is -2.03. The maximum atomic E-state index is 6.23. The first kappa shape index (κ1) is 13.2. The molecule has 0 unspecified atom stereocenters. The summed E-state index contributed by atoms with van der Waals surface area (Å²) in [5, 5.41) is 0.679. The molecule has 0 spiro atoms. The molecule has 0 radical (unpaired) electrons. The Labute approximate surface area is 127 Å². The number of aryl methyl sites for hydroxylation is 1. The van der Waals surface area contributed by atoms with Gasteiger partial charge in [-0.25, -0.2) is 0 Å². The van der Waals surface area contributed by atoms with Gasteiger partial charge in [-0.15, -0.1) is 0 Å². The second kappa shape index (κ2) is 5.27. The zero-order valence-corrected chi connectivity index (χ0v) is 12.5. The van der Waals surface area contributed by atoms with Gasteiger partial charge in [0.1, 0.15) is 0 Å². The van der Waals surface area contributed by atoms with Gasteiger partial charge in [-0.3, -0.25) is 4.57 Å². The maximum absolute atomic E-state index is 6.23. The lowest BCUT2D eigenvalue weighted by atomic mass is 10.1. The van der Waals surface area contributed by atoms with E-state index in [1.54, 1.807) is 0 Å². The summed E-state index contributed by atoms with van der Waals surface area (Å²) < 4.78 is 2.53. The topological polar surface area (TPSA) is 20.7 Å². The van der Waals surface area contributed by atoms with Gasteiger partial charge < -0.3 is 4.98 Å². The summed E-state index contributed by atoms with van der Waals surface area (Å²) in [6, 6.07) is 16.0. The highest BCUT2D eigenvalue weighted by atomic mass is 35.5. The standard InChI is InChI=1S/C16H13ClN2S/c1-11-6-8-12(9-7-11)14-10-19(16(20)18-14)15-5-3-2-4-13(15)17/h2-10H,1H3,(H,18,20). The van der Waals surface area contributed by atoms with Crippen LogP contribution in [0.5, 0.6) is 0 Å². The smallest absolute Gasteiger partial charge is 0.182 e. The van der Waals surface area contributed by atoms with Crippen LogP contribution in [-0.4, -0.2) is 9.55 Å². The highest BCUT2D eigenvalue weighted by Gasteiger charge is 2.07. The number of nitrogens with one attached hydrogen (secondary N) is 1. The first-order chi connectivity index (χ1) is 9.65. The zero-order valence-electron chi connectivity index (χ0n) is 10.9. The SMILES string of the molecule is Cc1ccc(-c2cn(-c3ccccc3Cl)c(=S)[nH]2)cc1. The van der Waals surface area contributed by atoms with E-state index in [9.17, 15) is 0 Å². The van der Waals surface area contributed by atoms with E-state index in [2.05, 4.69) is 36.2 Å². The number of nitrogens with zero attached hydrogens (tertiary/aromatic N) is 1. The Bertz CT molecular complexity index is 800. The minimum Gasteiger partial charge on any atom is -0.330 e. The van der Waals surface area contributed by atoms with E-state index in [-0.39, 0.29) is 0 Å². The number of H-pyrrole nitrogens is 1. The largest absolute Gasteiger partial charge is 0.330 e. The third-order valence-corrected chi connectivity index (χ3v) is 3.81. The average molecular weight is 301 g/mol. The van der Waals surface area contributed by atoms with Crippen molar-refractivity contribution in [3.63, 3.8) is 0 Å². The molecule has 2 aromatic carbocycles. The van der Waals surface area contributed by atoms with Crippen LogP contribution in [0.1, 0.15) is 5.56 Å². The molecule has 0 saturated carbocycles. The molecule has 1 N–H and O–H groups in total. The Morgan fingerprint density at radius 2 is 1.75 bits per heavy atom. The first-order valence-corrected chi connectivity index (χ1v) is 7.07. The van der Waals surface area contributed by atoms with Crippen LogP contribution < -0.4 is 0 Å². The van der Waals surface area contributed by atoms with E-state index in [4.69, 9.17) is 23.8 Å². The number of benzene rings is 2. The Balaban J connectivity index is 2.10. The van der Waals surface area contributed by atoms with Gasteiger partial charge in [-0.1, -0.05) is 53.6 Å². The van der Waals surface area contributed by atoms with Gasteiger partial charge in [0, 0.05) is 6.20 Å². The molecule has 1 heterocycles. The van der Waals surface area contributed by atoms with Crippen LogP contribution in [0.4, 0.5) is 0 Å². The molecular formula is C16H13ClN2S. The fraction of sp³-hybridized carbons (Fsp3) is 0.0625. The van der Waals surface area contributed by atoms with Crippen LogP contribution in [0.3, 0.4) is 0 Å². The number of aromatic amines is 1. The van der Waals surface area contributed by atoms with Gasteiger partial charge >= 0.3 is 0 Å². The van der Waals surface area contributed by atoms with Crippen LogP contribution >= 0.6 is 23.8 Å². The number of imidazole rings is 1. The Hall–Kier alpha value is -1.84. The minimum atomic E-state index is 0.633. The second-order valence-electron chi connectivity index (χ2n) is 4.66. The second-order valence-corrected chi connectivity index (χ2v) is 5.45. The predicted octanol–water partition coefficient (Wildman–Crippen LogP) is 5.16. The number of para-hydroxylation sites is 1. The molecule has 2 nitrogen and oxygen atoms in total. The van der Waals surface area contributed by atoms with Crippen LogP contribution in [-0.2, 0) is 0 Å². The molecular weight excluding hydrogens is 288 g/mol. The van der Waals surface area contributed by atoms with Crippen LogP contribution in [0.15, 0.2) is 54.7 Å². The Morgan fingerprint density at radius 3 is 2.45 bits per heavy atom. The molecule has 0 aliphatic rings. The molecule has 0 atom stereocenters. The maximum Gasteiger partial charge on any atom is 0.182 e. The van der Waals surface area contributed by atoms with Gasteiger partial charge in [0.2, 0.25) is 0 Å². The number of rotatable bonds is 2. The third kappa shape index (κ3) is 2.42. The van der Waals surface area contributed by atoms with Crippen molar-refractivity contribution in [1.29, 1.82) is 0 Å². The van der Waals surface area contributed by atoms with Gasteiger partial charge in [0.05, 0.1) is 16.4 Å². The van der Waals surface area contributed by atoms with Crippen molar-refractivity contribution in [2.45, 2.75) is 6.92 Å². The summed E-state index contributed by atoms with van der Waals surface area (Å²) in [5.41, 5.74) is 4.20. The highest BCUT2D eigenvalue weighted by Crippen LogP contribution is 2.24. The van der Waals surface area contributed by atoms with Crippen molar-refractivity contribution < 1.29 is 0 Å². The van der Waals surface area contributed by atoms with Crippen molar-refractivity contribution in [2.24, 2.45) is 0 Å². The van der Waals surface area contributed by atoms with Gasteiger partial charge in [0.25, 0.3) is 0 Å². The summed E-state index contributed by atoms with van der Waals surface area (Å²) in [4.78, 5) is 3.23. The molecule has 1 aromatic heterocycles. The Morgan fingerprint density at radius 1 is 1.05 bits per heavy atom. The molecule has 0 saturated heterocycles. The van der Waals surface area contributed by atoms with Crippen molar-refractivity contribution in [1.82, 2.24) is 9.55 Å². The monoisotopic (exact) mass is 300 g/mol. The van der Waals surface area contributed by atoms with Gasteiger partial charge in [0.15, 0.2) is 4.77 Å². The molecule has 0 aliphatic heterocycles. The lowest BCUT2D eigenvalue weighted by Crippen LogP contribution is -1.92. The summed E-state index contributed by atoms with van der Waals surface area (Å²) in [6.07, 6.45) is 1.98. The van der Waals surface area contributed by atoms with E-state index < -0.39 is 0 Å². The number of aromatic nitrogens is 2. The van der Waals surface area contributed by atoms with Crippen molar-refractivity contribution in [3.8, 4) is 16.9 Å². The molecule has 3 rings (SSSR count). The quantitative estimate of drug-likeness (QED) is 0.648. The number of hydrogen-bond donors (Lipinski definition) is 1. The summed E-state index contributed by atoms with van der Waals surface area (Å²) in [5.74, 6) is 0. The molecule has 100 valence electrons. The van der Waals surface area contributed by atoms with E-state index in [1.807, 2.05) is 35.0 Å². The van der Waals surface area contributed by atoms with Crippen LogP contribution in [0.25, 0.3) is 16.9 Å². The average Bonchev–Trinajstić information content (AvgIpc) is 2.82. The lowest BCUT2D eigenvalue weighted by molar-refractivity contribution is 1.03. The van der Waals surface area contributed by atoms with Gasteiger partial charge in [-0.2, -0.15) is 0 Å². The summed E-state index contributed by atoms with van der Waals surface area (Å²) in [7, 11) is 0. The van der Waals surface area contributed by atoms with Gasteiger partial charge in [-0.05, 0) is 36.8 Å². The molecule has 0 fully saturated rings. The van der Waals surface area contributed by atoms with E-state index in [0.717, 1.165) is 16.9 Å². The normalized spacial score (nSPS) is 10.7. The molecule has 0 bridgehead atoms. The molecule has 3 aromatic rings. The number of hydrogen-bond acceptors (Lipinski definition) is 1. The van der Waals surface area contributed by atoms with Crippen molar-refractivity contribution >= 4 is 23.8 Å². The minimum absolute atomic E-state index is 0.633. The fourth-order valence-corrected chi connectivity index (χ4v) is 2.59. The summed E-state index contributed by atoms with van der Waals surface area (Å²) >= 11 is 11.6. The molecule has 0 aliphatic carbocycles. The summed E-state index contributed by atoms with van der Waals surface area (Å²) in [6.45, 7) is 2.07. The van der Waals surface area contributed by atoms with Crippen molar-refractivity contribution in [3.05, 3.63) is 70.1 Å². The van der Waals surface area contributed by atoms with E-state index in [0.29, 0.717) is 9.79 Å². The van der Waals surface area contributed by atoms with Crippen LogP contribution in [0, 0.1) is 11.7 Å². The molecule has 20 heavy (non-hydrogen) atoms. The number of halogens is 1. The molecule has 0 amide bonds.